The third-order valence-electron chi connectivity index (χ3n) is 2.72. The molecule has 2 aromatic rings. The van der Waals surface area contributed by atoms with Gasteiger partial charge in [-0.05, 0) is 36.4 Å². The molecule has 0 radical (unpaired) electrons. The Bertz CT molecular complexity index is 686. The Hall–Kier alpha value is -1.60. The van der Waals surface area contributed by atoms with Gasteiger partial charge in [0.25, 0.3) is 0 Å². The molecule has 0 aromatic heterocycles. The highest BCUT2D eigenvalue weighted by Gasteiger charge is 2.30. The molecule has 0 saturated heterocycles. The lowest BCUT2D eigenvalue weighted by molar-refractivity contribution is -0.137. The van der Waals surface area contributed by atoms with E-state index in [0.29, 0.717) is 16.9 Å². The van der Waals surface area contributed by atoms with Crippen LogP contribution in [-0.4, -0.2) is 4.99 Å². The Kier molecular flexibility index (Phi) is 4.53. The van der Waals surface area contributed by atoms with Crippen molar-refractivity contribution in [1.82, 2.24) is 0 Å². The average molecular weight is 375 g/mol. The fraction of sp³-hybridized carbons (Fsp3) is 0.0714. The lowest BCUT2D eigenvalue weighted by Gasteiger charge is -2.13. The molecule has 0 saturated carbocycles. The SMILES string of the molecule is NC(=S)c1ccc(Br)cc1Nc1cccc(C(F)(F)F)c1. The summed E-state index contributed by atoms with van der Waals surface area (Å²) in [6.45, 7) is 0. The van der Waals surface area contributed by atoms with Crippen LogP contribution in [0.3, 0.4) is 0 Å². The third kappa shape index (κ3) is 3.95. The monoisotopic (exact) mass is 374 g/mol. The summed E-state index contributed by atoms with van der Waals surface area (Å²) in [5.74, 6) is 0. The first-order valence-electron chi connectivity index (χ1n) is 5.81. The second-order valence-corrected chi connectivity index (χ2v) is 5.61. The molecule has 0 heterocycles. The molecule has 0 aliphatic rings. The topological polar surface area (TPSA) is 38.0 Å². The van der Waals surface area contributed by atoms with Crippen molar-refractivity contribution in [3.05, 3.63) is 58.1 Å². The highest BCUT2D eigenvalue weighted by atomic mass is 79.9. The van der Waals surface area contributed by atoms with Gasteiger partial charge in [-0.25, -0.2) is 0 Å². The van der Waals surface area contributed by atoms with Gasteiger partial charge in [-0.1, -0.05) is 34.2 Å². The van der Waals surface area contributed by atoms with E-state index in [1.165, 1.54) is 6.07 Å². The van der Waals surface area contributed by atoms with Crippen LogP contribution in [0.4, 0.5) is 24.5 Å². The lowest BCUT2D eigenvalue weighted by Crippen LogP contribution is -2.12. The minimum atomic E-state index is -4.39. The quantitative estimate of drug-likeness (QED) is 0.754. The average Bonchev–Trinajstić information content (AvgIpc) is 2.37. The number of thiocarbonyl (C=S) groups is 1. The van der Waals surface area contributed by atoms with Crippen LogP contribution >= 0.6 is 28.1 Å². The number of benzene rings is 2. The number of nitrogens with one attached hydrogen (secondary N) is 1. The summed E-state index contributed by atoms with van der Waals surface area (Å²) in [5.41, 5.74) is 6.30. The third-order valence-corrected chi connectivity index (χ3v) is 3.43. The Morgan fingerprint density at radius 2 is 1.86 bits per heavy atom. The van der Waals surface area contributed by atoms with Crippen LogP contribution in [0.25, 0.3) is 0 Å². The zero-order valence-electron chi connectivity index (χ0n) is 10.5. The molecule has 2 aromatic carbocycles. The van der Waals surface area contributed by atoms with E-state index in [2.05, 4.69) is 21.2 Å². The van der Waals surface area contributed by atoms with Gasteiger partial charge in [0.1, 0.15) is 4.99 Å². The standard InChI is InChI=1S/C14H10BrF3N2S/c15-9-4-5-11(13(19)21)12(7-9)20-10-3-1-2-8(6-10)14(16,17)18/h1-7,20H,(H2,19,21). The van der Waals surface area contributed by atoms with Gasteiger partial charge in [0.15, 0.2) is 0 Å². The van der Waals surface area contributed by atoms with Crippen LogP contribution in [0.2, 0.25) is 0 Å². The summed E-state index contributed by atoms with van der Waals surface area (Å²) >= 11 is 8.24. The highest BCUT2D eigenvalue weighted by molar-refractivity contribution is 9.10. The Balaban J connectivity index is 2.39. The minimum Gasteiger partial charge on any atom is -0.389 e. The van der Waals surface area contributed by atoms with Crippen LogP contribution in [0, 0.1) is 0 Å². The molecule has 2 nitrogen and oxygen atoms in total. The van der Waals surface area contributed by atoms with Crippen molar-refractivity contribution in [2.45, 2.75) is 6.18 Å². The van der Waals surface area contributed by atoms with Crippen molar-refractivity contribution in [3.8, 4) is 0 Å². The van der Waals surface area contributed by atoms with Crippen LogP contribution in [0.15, 0.2) is 46.9 Å². The summed E-state index contributed by atoms with van der Waals surface area (Å²) in [7, 11) is 0. The molecule has 0 aliphatic heterocycles. The summed E-state index contributed by atoms with van der Waals surface area (Å²) < 4.78 is 38.9. The molecule has 0 spiro atoms. The molecule has 0 atom stereocenters. The number of hydrogen-bond donors (Lipinski definition) is 2. The van der Waals surface area contributed by atoms with E-state index in [1.807, 2.05) is 0 Å². The zero-order valence-corrected chi connectivity index (χ0v) is 12.9. The Labute approximate surface area is 133 Å². The fourth-order valence-electron chi connectivity index (χ4n) is 1.76. The lowest BCUT2D eigenvalue weighted by atomic mass is 10.1. The number of anilines is 2. The molecular weight excluding hydrogens is 365 g/mol. The maximum atomic E-state index is 12.7. The Morgan fingerprint density at radius 1 is 1.14 bits per heavy atom. The van der Waals surface area contributed by atoms with Gasteiger partial charge in [-0.3, -0.25) is 0 Å². The van der Waals surface area contributed by atoms with Crippen molar-refractivity contribution in [2.24, 2.45) is 5.73 Å². The predicted molar refractivity (Wildman–Crippen MR) is 84.8 cm³/mol. The summed E-state index contributed by atoms with van der Waals surface area (Å²) in [6, 6.07) is 10.1. The van der Waals surface area contributed by atoms with Gasteiger partial charge in [-0.15, -0.1) is 0 Å². The number of hydrogen-bond acceptors (Lipinski definition) is 2. The van der Waals surface area contributed by atoms with Gasteiger partial charge in [0.05, 0.1) is 5.56 Å². The molecule has 2 rings (SSSR count). The maximum Gasteiger partial charge on any atom is 0.416 e. The van der Waals surface area contributed by atoms with Crippen molar-refractivity contribution in [2.75, 3.05) is 5.32 Å². The number of rotatable bonds is 3. The molecule has 0 unspecified atom stereocenters. The van der Waals surface area contributed by atoms with E-state index in [0.717, 1.165) is 16.6 Å². The van der Waals surface area contributed by atoms with E-state index < -0.39 is 11.7 Å². The van der Waals surface area contributed by atoms with Crippen molar-refractivity contribution in [1.29, 1.82) is 0 Å². The van der Waals surface area contributed by atoms with E-state index in [1.54, 1.807) is 24.3 Å². The zero-order chi connectivity index (χ0) is 15.6. The molecular formula is C14H10BrF3N2S. The smallest absolute Gasteiger partial charge is 0.389 e. The van der Waals surface area contributed by atoms with E-state index in [4.69, 9.17) is 18.0 Å². The van der Waals surface area contributed by atoms with Crippen molar-refractivity contribution < 1.29 is 13.2 Å². The van der Waals surface area contributed by atoms with Crippen molar-refractivity contribution in [3.63, 3.8) is 0 Å². The van der Waals surface area contributed by atoms with Crippen LogP contribution in [-0.2, 0) is 6.18 Å². The molecule has 7 heteroatoms. The first-order chi connectivity index (χ1) is 9.77. The highest BCUT2D eigenvalue weighted by Crippen LogP contribution is 2.32. The fourth-order valence-corrected chi connectivity index (χ4v) is 2.30. The normalized spacial score (nSPS) is 11.2. The molecule has 0 bridgehead atoms. The summed E-state index contributed by atoms with van der Waals surface area (Å²) in [6.07, 6.45) is -4.39. The second-order valence-electron chi connectivity index (χ2n) is 4.26. The van der Waals surface area contributed by atoms with Gasteiger partial charge >= 0.3 is 6.18 Å². The largest absolute Gasteiger partial charge is 0.416 e. The first-order valence-corrected chi connectivity index (χ1v) is 7.01. The van der Waals surface area contributed by atoms with Gasteiger partial charge in [-0.2, -0.15) is 13.2 Å². The number of alkyl halides is 3. The van der Waals surface area contributed by atoms with Crippen LogP contribution in [0.1, 0.15) is 11.1 Å². The molecule has 21 heavy (non-hydrogen) atoms. The first kappa shape index (κ1) is 15.8. The van der Waals surface area contributed by atoms with Gasteiger partial charge in [0.2, 0.25) is 0 Å². The maximum absolute atomic E-state index is 12.7. The minimum absolute atomic E-state index is 0.164. The molecule has 3 N–H and O–H groups in total. The Morgan fingerprint density at radius 3 is 2.48 bits per heavy atom. The van der Waals surface area contributed by atoms with Crippen LogP contribution in [0.5, 0.6) is 0 Å². The van der Waals surface area contributed by atoms with Crippen molar-refractivity contribution >= 4 is 44.5 Å². The summed E-state index contributed by atoms with van der Waals surface area (Å²) in [5, 5.41) is 2.91. The predicted octanol–water partition coefficient (Wildman–Crippen LogP) is 4.85. The van der Waals surface area contributed by atoms with Crippen LogP contribution < -0.4 is 11.1 Å². The van der Waals surface area contributed by atoms with Gasteiger partial charge in [0, 0.05) is 21.4 Å². The van der Waals surface area contributed by atoms with E-state index in [9.17, 15) is 13.2 Å². The molecule has 0 fully saturated rings. The summed E-state index contributed by atoms with van der Waals surface area (Å²) in [4.78, 5) is 0.164. The van der Waals surface area contributed by atoms with E-state index >= 15 is 0 Å². The van der Waals surface area contributed by atoms with Gasteiger partial charge < -0.3 is 11.1 Å². The molecule has 0 amide bonds. The molecule has 110 valence electrons. The van der Waals surface area contributed by atoms with E-state index in [-0.39, 0.29) is 4.99 Å². The second kappa shape index (κ2) is 6.03. The number of halogens is 4. The molecule has 0 aliphatic carbocycles. The number of nitrogens with two attached hydrogens (primary N) is 1.